The predicted molar refractivity (Wildman–Crippen MR) is 54.4 cm³/mol. The topological polar surface area (TPSA) is 12.4 Å². The highest BCUT2D eigenvalue weighted by Crippen LogP contribution is 2.46. The van der Waals surface area contributed by atoms with Gasteiger partial charge in [0.1, 0.15) is 0 Å². The molecule has 0 bridgehead atoms. The minimum Gasteiger partial charge on any atom is -0.292 e. The van der Waals surface area contributed by atoms with Crippen molar-refractivity contribution < 1.29 is 0 Å². The lowest BCUT2D eigenvalue weighted by molar-refractivity contribution is 0.251. The van der Waals surface area contributed by atoms with Crippen LogP contribution >= 0.6 is 0 Å². The summed E-state index contributed by atoms with van der Waals surface area (Å²) in [6.45, 7) is 1.02. The molecule has 0 amide bonds. The van der Waals surface area contributed by atoms with E-state index < -0.39 is 0 Å². The van der Waals surface area contributed by atoms with Gasteiger partial charge in [0.15, 0.2) is 0 Å². The first-order valence-electron chi connectivity index (χ1n) is 5.00. The molecule has 1 heteroatoms. The van der Waals surface area contributed by atoms with Crippen LogP contribution in [0.4, 0.5) is 0 Å². The number of aliphatic imine (C=N–C) groups is 1. The maximum atomic E-state index is 4.47. The van der Waals surface area contributed by atoms with Gasteiger partial charge >= 0.3 is 0 Å². The third-order valence-electron chi connectivity index (χ3n) is 3.47. The lowest BCUT2D eigenvalue weighted by Gasteiger charge is -2.43. The quantitative estimate of drug-likeness (QED) is 0.569. The van der Waals surface area contributed by atoms with Crippen LogP contribution in [-0.2, 0) is 5.41 Å². The van der Waals surface area contributed by atoms with Crippen molar-refractivity contribution in [1.82, 2.24) is 0 Å². The minimum atomic E-state index is 0.436. The number of nitrogens with zero attached hydrogens (tertiary/aromatic N) is 1. The van der Waals surface area contributed by atoms with E-state index in [1.54, 1.807) is 0 Å². The Balaban J connectivity index is 2.17. The van der Waals surface area contributed by atoms with Crippen LogP contribution in [0.2, 0.25) is 0 Å². The van der Waals surface area contributed by atoms with Crippen molar-refractivity contribution in [2.24, 2.45) is 4.99 Å². The van der Waals surface area contributed by atoms with Crippen molar-refractivity contribution >= 4 is 6.21 Å². The molecule has 0 atom stereocenters. The smallest absolute Gasteiger partial charge is 0.0486 e. The van der Waals surface area contributed by atoms with E-state index >= 15 is 0 Å². The lowest BCUT2D eigenvalue weighted by Crippen LogP contribution is -2.39. The summed E-state index contributed by atoms with van der Waals surface area (Å²) < 4.78 is 0. The Bertz CT molecular complexity index is 361. The largest absolute Gasteiger partial charge is 0.292 e. The van der Waals surface area contributed by atoms with E-state index in [9.17, 15) is 0 Å². The predicted octanol–water partition coefficient (Wildman–Crippen LogP) is 2.54. The average Bonchev–Trinajstić information content (AvgIpc) is 2.14. The number of hydrogen-bond acceptors (Lipinski definition) is 1. The van der Waals surface area contributed by atoms with Crippen LogP contribution in [-0.4, -0.2) is 12.8 Å². The van der Waals surface area contributed by atoms with E-state index in [-0.39, 0.29) is 0 Å². The molecule has 66 valence electrons. The molecule has 1 fully saturated rings. The van der Waals surface area contributed by atoms with Crippen LogP contribution in [0.25, 0.3) is 0 Å². The average molecular weight is 171 g/mol. The Morgan fingerprint density at radius 2 is 2.00 bits per heavy atom. The van der Waals surface area contributed by atoms with Gasteiger partial charge in [-0.15, -0.1) is 0 Å². The lowest BCUT2D eigenvalue weighted by atomic mass is 9.62. The molecule has 2 aliphatic rings. The van der Waals surface area contributed by atoms with Gasteiger partial charge in [0.05, 0.1) is 0 Å². The van der Waals surface area contributed by atoms with Crippen LogP contribution < -0.4 is 0 Å². The molecular formula is C12H13N. The highest BCUT2D eigenvalue weighted by atomic mass is 14.8. The van der Waals surface area contributed by atoms with Gasteiger partial charge in [0.2, 0.25) is 0 Å². The van der Waals surface area contributed by atoms with Gasteiger partial charge in [-0.1, -0.05) is 30.7 Å². The minimum absolute atomic E-state index is 0.436. The molecule has 1 aliphatic heterocycles. The Kier molecular flexibility index (Phi) is 1.37. The maximum Gasteiger partial charge on any atom is 0.0486 e. The summed E-state index contributed by atoms with van der Waals surface area (Å²) in [5.74, 6) is 0. The van der Waals surface area contributed by atoms with E-state index in [2.05, 4.69) is 29.3 Å². The first-order chi connectivity index (χ1) is 6.41. The Hall–Kier alpha value is -1.11. The zero-order chi connectivity index (χ0) is 8.73. The molecule has 0 radical (unpaired) electrons. The zero-order valence-corrected chi connectivity index (χ0v) is 7.66. The molecule has 0 N–H and O–H groups in total. The monoisotopic (exact) mass is 171 g/mol. The second kappa shape index (κ2) is 2.44. The first kappa shape index (κ1) is 7.31. The van der Waals surface area contributed by atoms with E-state index in [1.165, 1.54) is 30.4 Å². The Morgan fingerprint density at radius 1 is 1.15 bits per heavy atom. The molecular weight excluding hydrogens is 158 g/mol. The number of hydrogen-bond donors (Lipinski definition) is 0. The number of rotatable bonds is 0. The molecule has 1 spiro atoms. The van der Waals surface area contributed by atoms with E-state index in [0.717, 1.165) is 6.54 Å². The fraction of sp³-hybridized carbons (Fsp3) is 0.417. The molecule has 0 aromatic heterocycles. The van der Waals surface area contributed by atoms with Crippen LogP contribution in [0.1, 0.15) is 30.4 Å². The van der Waals surface area contributed by atoms with Gasteiger partial charge in [-0.05, 0) is 24.0 Å². The molecule has 1 aliphatic carbocycles. The highest BCUT2D eigenvalue weighted by Gasteiger charge is 2.40. The fourth-order valence-electron chi connectivity index (χ4n) is 2.53. The first-order valence-corrected chi connectivity index (χ1v) is 5.00. The van der Waals surface area contributed by atoms with E-state index in [1.807, 2.05) is 6.21 Å². The highest BCUT2D eigenvalue weighted by molar-refractivity contribution is 5.84. The van der Waals surface area contributed by atoms with Crippen LogP contribution in [0.5, 0.6) is 0 Å². The third kappa shape index (κ3) is 0.902. The van der Waals surface area contributed by atoms with Crippen LogP contribution in [0.15, 0.2) is 29.3 Å². The second-order valence-corrected chi connectivity index (χ2v) is 4.19. The molecule has 0 saturated heterocycles. The Morgan fingerprint density at radius 3 is 2.77 bits per heavy atom. The van der Waals surface area contributed by atoms with E-state index in [0.29, 0.717) is 5.41 Å². The Labute approximate surface area is 78.5 Å². The SMILES string of the molecule is C1=NCC2(CCC2)c2ccccc21. The standard InChI is InChI=1S/C12H13N/c1-2-5-11-10(4-1)8-13-9-12(11)6-3-7-12/h1-2,4-5,8H,3,6-7,9H2. The molecule has 1 aromatic carbocycles. The van der Waals surface area contributed by atoms with Crippen LogP contribution in [0.3, 0.4) is 0 Å². The summed E-state index contributed by atoms with van der Waals surface area (Å²) in [6, 6.07) is 8.71. The summed E-state index contributed by atoms with van der Waals surface area (Å²) in [4.78, 5) is 4.47. The summed E-state index contributed by atoms with van der Waals surface area (Å²) >= 11 is 0. The van der Waals surface area contributed by atoms with Crippen molar-refractivity contribution in [2.75, 3.05) is 6.54 Å². The second-order valence-electron chi connectivity index (χ2n) is 4.19. The summed E-state index contributed by atoms with van der Waals surface area (Å²) in [5.41, 5.74) is 3.32. The maximum absolute atomic E-state index is 4.47. The summed E-state index contributed by atoms with van der Waals surface area (Å²) in [6.07, 6.45) is 6.07. The number of benzene rings is 1. The number of fused-ring (bicyclic) bond motifs is 2. The molecule has 13 heavy (non-hydrogen) atoms. The van der Waals surface area contributed by atoms with Crippen molar-refractivity contribution in [3.63, 3.8) is 0 Å². The van der Waals surface area contributed by atoms with Gasteiger partial charge in [-0.2, -0.15) is 0 Å². The molecule has 1 aromatic rings. The van der Waals surface area contributed by atoms with Gasteiger partial charge in [0, 0.05) is 18.2 Å². The summed E-state index contributed by atoms with van der Waals surface area (Å²) in [7, 11) is 0. The molecule has 1 nitrogen and oxygen atoms in total. The molecule has 3 rings (SSSR count). The van der Waals surface area contributed by atoms with Gasteiger partial charge in [-0.3, -0.25) is 4.99 Å². The van der Waals surface area contributed by atoms with E-state index in [4.69, 9.17) is 0 Å². The normalized spacial score (nSPS) is 22.5. The third-order valence-corrected chi connectivity index (χ3v) is 3.47. The summed E-state index contributed by atoms with van der Waals surface area (Å²) in [5, 5.41) is 0. The zero-order valence-electron chi connectivity index (χ0n) is 7.66. The molecule has 1 saturated carbocycles. The van der Waals surface area contributed by atoms with Gasteiger partial charge in [-0.25, -0.2) is 0 Å². The van der Waals surface area contributed by atoms with Gasteiger partial charge in [0.25, 0.3) is 0 Å². The van der Waals surface area contributed by atoms with Crippen molar-refractivity contribution in [2.45, 2.75) is 24.7 Å². The van der Waals surface area contributed by atoms with Crippen molar-refractivity contribution in [3.8, 4) is 0 Å². The van der Waals surface area contributed by atoms with Gasteiger partial charge < -0.3 is 0 Å². The van der Waals surface area contributed by atoms with Crippen molar-refractivity contribution in [3.05, 3.63) is 35.4 Å². The fourth-order valence-corrected chi connectivity index (χ4v) is 2.53. The molecule has 1 heterocycles. The van der Waals surface area contributed by atoms with Crippen LogP contribution in [0, 0.1) is 0 Å². The van der Waals surface area contributed by atoms with Crippen molar-refractivity contribution in [1.29, 1.82) is 0 Å². The molecule has 0 unspecified atom stereocenters.